The maximum absolute atomic E-state index is 0. The van der Waals surface area contributed by atoms with E-state index < -0.39 is 0 Å². The molecule has 0 rings (SSSR count). The van der Waals surface area contributed by atoms with Gasteiger partial charge in [-0.3, -0.25) is 0 Å². The Balaban J connectivity index is 0. The third-order valence-corrected chi connectivity index (χ3v) is 0. The van der Waals surface area contributed by atoms with E-state index in [1.165, 1.54) is 0 Å². The van der Waals surface area contributed by atoms with Crippen molar-refractivity contribution in [2.24, 2.45) is 0 Å². The average Bonchev–Trinajstić information content (AvgIpc) is 0. The van der Waals surface area contributed by atoms with Crippen LogP contribution in [0.4, 0.5) is 0 Å². The quantitative estimate of drug-likeness (QED) is 0.204. The summed E-state index contributed by atoms with van der Waals surface area (Å²) in [5, 5.41) is 0. The summed E-state index contributed by atoms with van der Waals surface area (Å²) in [6, 6.07) is 0. The van der Waals surface area contributed by atoms with Crippen LogP contribution in [0.1, 0.15) is 0 Å². The van der Waals surface area contributed by atoms with E-state index in [9.17, 15) is 0 Å². The van der Waals surface area contributed by atoms with Gasteiger partial charge >= 0.3 is 97.4 Å². The van der Waals surface area contributed by atoms with Crippen LogP contribution in [0.5, 0.6) is 0 Å². The van der Waals surface area contributed by atoms with Crippen LogP contribution in [-0.4, -0.2) is 0 Å². The Morgan fingerprint density at radius 1 is 0.0267 bits per heavy atom. The first-order valence-electron chi connectivity index (χ1n) is 0. The molecule has 0 saturated carbocycles. The molecule has 0 N–H and O–H groups in total. The second-order valence-corrected chi connectivity index (χ2v) is 0. The molecule has 70 nitrogen and oxygen atoms in total. The van der Waals surface area contributed by atoms with Gasteiger partial charge < -0.3 is 383 Å². The van der Waals surface area contributed by atoms with Crippen LogP contribution in [0, 0.1) is 0 Å². The summed E-state index contributed by atoms with van der Waals surface area (Å²) in [7, 11) is 0. The minimum absolute atomic E-state index is 0. The molecular formula is O70Zn5-130. The molecule has 0 aliphatic rings. The minimum Gasteiger partial charge on any atom is -2.00 e. The summed E-state index contributed by atoms with van der Waals surface area (Å²) in [5.74, 6) is 0. The van der Waals surface area contributed by atoms with Gasteiger partial charge in [-0.1, -0.05) is 0 Å². The van der Waals surface area contributed by atoms with Crippen molar-refractivity contribution in [1.82, 2.24) is 0 Å². The fourth-order valence-corrected chi connectivity index (χ4v) is 0. The van der Waals surface area contributed by atoms with Crippen molar-refractivity contribution < 1.29 is 481 Å². The maximum atomic E-state index is 0. The van der Waals surface area contributed by atoms with Crippen molar-refractivity contribution in [3.05, 3.63) is 0 Å². The molecular weight excluding hydrogens is 1450 g/mol. The topological polar surface area (TPSA) is 2000 Å². The molecule has 0 spiro atoms. The van der Waals surface area contributed by atoms with Gasteiger partial charge in [0.25, 0.3) is 0 Å². The van der Waals surface area contributed by atoms with Gasteiger partial charge in [0.2, 0.25) is 0 Å². The van der Waals surface area contributed by atoms with Crippen LogP contribution in [0.2, 0.25) is 0 Å². The van der Waals surface area contributed by atoms with E-state index in [1.54, 1.807) is 0 Å². The van der Waals surface area contributed by atoms with E-state index in [0.29, 0.717) is 0 Å². The molecule has 0 aromatic carbocycles. The van der Waals surface area contributed by atoms with Crippen LogP contribution in [0.25, 0.3) is 0 Å². The molecule has 0 aromatic heterocycles. The van der Waals surface area contributed by atoms with Crippen molar-refractivity contribution in [2.45, 2.75) is 0 Å². The third-order valence-electron chi connectivity index (χ3n) is 0. The Morgan fingerprint density at radius 2 is 0.0267 bits per heavy atom. The van der Waals surface area contributed by atoms with Gasteiger partial charge in [0.15, 0.2) is 0 Å². The average molecular weight is 1450 g/mol. The maximum Gasteiger partial charge on any atom is 2.00 e. The second kappa shape index (κ2) is 3980000. The number of hydrogen-bond donors (Lipinski definition) is 0. The Morgan fingerprint density at radius 3 is 0.0267 bits per heavy atom. The van der Waals surface area contributed by atoms with E-state index in [2.05, 4.69) is 0 Å². The van der Waals surface area contributed by atoms with Crippen molar-refractivity contribution in [2.75, 3.05) is 0 Å². The summed E-state index contributed by atoms with van der Waals surface area (Å²) in [6.45, 7) is 0. The fourth-order valence-electron chi connectivity index (χ4n) is 0. The standard InChI is InChI=1S/70O.5Zn/q70*-2;5*+2. The zero-order chi connectivity index (χ0) is 0. The fraction of sp³-hybridized carbons (Fsp3) is 0. The van der Waals surface area contributed by atoms with Crippen molar-refractivity contribution in [1.29, 1.82) is 0 Å². The van der Waals surface area contributed by atoms with E-state index in [4.69, 9.17) is 0 Å². The molecule has 0 aromatic rings. The minimum atomic E-state index is 0. The first-order chi connectivity index (χ1) is 0. The molecule has 0 unspecified atom stereocenters. The Labute approximate surface area is 479 Å². The summed E-state index contributed by atoms with van der Waals surface area (Å²) >= 11 is 0. The van der Waals surface area contributed by atoms with Crippen LogP contribution in [0.15, 0.2) is 0 Å². The van der Waals surface area contributed by atoms with Crippen LogP contribution < -0.4 is 0 Å². The van der Waals surface area contributed by atoms with E-state index in [-0.39, 0.29) is 481 Å². The van der Waals surface area contributed by atoms with Gasteiger partial charge in [0, 0.05) is 0 Å². The molecule has 0 heterocycles. The van der Waals surface area contributed by atoms with Crippen molar-refractivity contribution in [3.8, 4) is 0 Å². The van der Waals surface area contributed by atoms with Crippen LogP contribution in [0.3, 0.4) is 0 Å². The van der Waals surface area contributed by atoms with Crippen LogP contribution >= 0.6 is 0 Å². The van der Waals surface area contributed by atoms with Crippen molar-refractivity contribution in [3.63, 3.8) is 0 Å². The van der Waals surface area contributed by atoms with Crippen molar-refractivity contribution >= 4 is 0 Å². The predicted octanol–water partition coefficient (Wildman–Crippen LogP) is -8.33. The normalized spacial score (nSPS) is 0. The summed E-state index contributed by atoms with van der Waals surface area (Å²) in [5.41, 5.74) is 0. The van der Waals surface area contributed by atoms with Gasteiger partial charge in [-0.25, -0.2) is 0 Å². The van der Waals surface area contributed by atoms with E-state index >= 15 is 0 Å². The number of rotatable bonds is 0. The molecule has 0 aliphatic carbocycles. The smallest absolute Gasteiger partial charge is 2.00 e. The van der Waals surface area contributed by atoms with E-state index in [0.717, 1.165) is 0 Å². The van der Waals surface area contributed by atoms with Gasteiger partial charge in [0.1, 0.15) is 0 Å². The first kappa shape index (κ1) is 4140000. The third kappa shape index (κ3) is 3870000. The molecule has 0 aliphatic heterocycles. The largest absolute Gasteiger partial charge is 2.00 e. The Kier molecular flexibility index (Phi) is 220000000000. The Hall–Kier alpha value is 0.317. The molecule has 0 amide bonds. The molecule has 0 radical (unpaired) electrons. The molecule has 0 atom stereocenters. The first-order valence-corrected chi connectivity index (χ1v) is 0. The van der Waals surface area contributed by atoms with Gasteiger partial charge in [-0.05, 0) is 0 Å². The molecule has 75 heavy (non-hydrogen) atoms. The summed E-state index contributed by atoms with van der Waals surface area (Å²) in [6.07, 6.45) is 0. The van der Waals surface area contributed by atoms with Crippen LogP contribution in [-0.2, 0) is 481 Å². The molecule has 75 heteroatoms. The molecule has 0 bridgehead atoms. The summed E-state index contributed by atoms with van der Waals surface area (Å²) < 4.78 is 0. The van der Waals surface area contributed by atoms with Gasteiger partial charge in [-0.15, -0.1) is 0 Å². The monoisotopic (exact) mass is 1440 g/mol. The van der Waals surface area contributed by atoms with Gasteiger partial charge in [0.05, 0.1) is 0 Å². The number of hydrogen-bond acceptors (Lipinski definition) is 0. The molecule has 0 saturated heterocycles. The molecule has 560 valence electrons. The zero-order valence-electron chi connectivity index (χ0n) is 32.1. The van der Waals surface area contributed by atoms with E-state index in [1.807, 2.05) is 0 Å². The Bertz CT molecular complexity index is 26.5. The molecule has 0 fully saturated rings. The zero-order valence-corrected chi connectivity index (χ0v) is 46.9. The SMILES string of the molecule is [O-2].[O-2].[O-2].[O-2].[O-2].[O-2].[O-2].[O-2].[O-2].[O-2].[O-2].[O-2].[O-2].[O-2].[O-2].[O-2].[O-2].[O-2].[O-2].[O-2].[O-2].[O-2].[O-2].[O-2].[O-2].[O-2].[O-2].[O-2].[O-2].[O-2].[O-2].[O-2].[O-2].[O-2].[O-2].[O-2].[O-2].[O-2].[O-2].[O-2].[O-2].[O-2].[O-2].[O-2].[O-2].[O-2].[O-2].[O-2].[O-2].[O-2].[O-2].[O-2].[O-2].[O-2].[O-2].[O-2].[O-2].[O-2].[O-2].[O-2].[O-2].[O-2].[O-2].[O-2].[O-2].[O-2].[O-2].[O-2].[O-2].[O-2].[Zn+2].[Zn+2].[Zn+2].[Zn+2].[Zn+2]. The predicted molar refractivity (Wildman–Crippen MR) is 48.1 cm³/mol. The summed E-state index contributed by atoms with van der Waals surface area (Å²) in [4.78, 5) is 0. The van der Waals surface area contributed by atoms with Gasteiger partial charge in [-0.2, -0.15) is 0 Å². The second-order valence-electron chi connectivity index (χ2n) is 0.